The Labute approximate surface area is 200 Å². The maximum atomic E-state index is 13.2. The topological polar surface area (TPSA) is 147 Å². The molecule has 1 aromatic heterocycles. The number of nitrogens with one attached hydrogen (secondary N) is 1. The van der Waals surface area contributed by atoms with Crippen LogP contribution in [0.5, 0.6) is 0 Å². The largest absolute Gasteiger partial charge is 0.480 e. The number of nitrogen functional groups attached to an aromatic ring is 1. The number of anilines is 1. The van der Waals surface area contributed by atoms with Gasteiger partial charge in [-0.3, -0.25) is 9.59 Å². The number of β-lactam (4-membered cyclic amide) rings is 1. The second kappa shape index (κ2) is 8.79. The molecule has 1 aliphatic carbocycles. The highest BCUT2D eigenvalue weighted by molar-refractivity contribution is 8.01. The van der Waals surface area contributed by atoms with E-state index in [1.807, 2.05) is 6.92 Å². The zero-order valence-electron chi connectivity index (χ0n) is 18.9. The molecule has 0 bridgehead atoms. The van der Waals surface area contributed by atoms with Gasteiger partial charge in [-0.1, -0.05) is 18.0 Å². The van der Waals surface area contributed by atoms with Gasteiger partial charge in [0, 0.05) is 10.1 Å². The number of thioether (sulfide) groups is 1. The summed E-state index contributed by atoms with van der Waals surface area (Å²) < 4.78 is -0.677. The minimum absolute atomic E-state index is 0.0447. The second-order valence-electron chi connectivity index (χ2n) is 9.52. The average molecular weight is 496 g/mol. The normalized spacial score (nSPS) is 28.5. The van der Waals surface area contributed by atoms with E-state index in [1.165, 1.54) is 28.0 Å². The Morgan fingerprint density at radius 1 is 1.27 bits per heavy atom. The number of rotatable bonds is 6. The van der Waals surface area contributed by atoms with Gasteiger partial charge in [-0.25, -0.2) is 9.78 Å². The first-order valence-electron chi connectivity index (χ1n) is 11.0. The molecule has 12 heteroatoms. The maximum absolute atomic E-state index is 13.2. The highest BCUT2D eigenvalue weighted by atomic mass is 32.2. The van der Waals surface area contributed by atoms with Crippen molar-refractivity contribution in [2.45, 2.75) is 87.1 Å². The van der Waals surface area contributed by atoms with E-state index < -0.39 is 45.6 Å². The van der Waals surface area contributed by atoms with Crippen molar-refractivity contribution in [3.63, 3.8) is 0 Å². The lowest BCUT2D eigenvalue weighted by Crippen LogP contribution is -2.71. The Morgan fingerprint density at radius 2 is 1.94 bits per heavy atom. The number of thiazole rings is 1. The molecule has 10 nitrogen and oxygen atoms in total. The number of carbonyl (C=O) groups is 3. The Hall–Kier alpha value is -2.34. The van der Waals surface area contributed by atoms with Gasteiger partial charge in [-0.15, -0.1) is 23.1 Å². The van der Waals surface area contributed by atoms with Gasteiger partial charge in [-0.05, 0) is 46.5 Å². The van der Waals surface area contributed by atoms with E-state index in [0.29, 0.717) is 0 Å². The minimum Gasteiger partial charge on any atom is -0.480 e. The number of fused-ring (bicyclic) bond motifs is 1. The van der Waals surface area contributed by atoms with Crippen LogP contribution in [0.2, 0.25) is 0 Å². The van der Waals surface area contributed by atoms with Gasteiger partial charge >= 0.3 is 5.97 Å². The van der Waals surface area contributed by atoms with Gasteiger partial charge in [0.05, 0.1) is 0 Å². The zero-order valence-corrected chi connectivity index (χ0v) is 20.5. The number of hydrogen-bond acceptors (Lipinski definition) is 9. The molecule has 4 rings (SSSR count). The second-order valence-corrected chi connectivity index (χ2v) is 12.2. The van der Waals surface area contributed by atoms with E-state index in [0.717, 1.165) is 38.5 Å². The van der Waals surface area contributed by atoms with E-state index in [-0.39, 0.29) is 16.5 Å². The molecule has 33 heavy (non-hydrogen) atoms. The van der Waals surface area contributed by atoms with E-state index in [1.54, 1.807) is 19.2 Å². The number of hydrogen-bond donors (Lipinski definition) is 3. The first kappa shape index (κ1) is 23.8. The summed E-state index contributed by atoms with van der Waals surface area (Å²) >= 11 is 2.54. The summed E-state index contributed by atoms with van der Waals surface area (Å²) in [6.45, 7) is 5.56. The van der Waals surface area contributed by atoms with Crippen molar-refractivity contribution in [3.05, 3.63) is 11.1 Å². The van der Waals surface area contributed by atoms with Crippen LogP contribution < -0.4 is 11.1 Å². The predicted octanol–water partition coefficient (Wildman–Crippen LogP) is 2.19. The molecule has 3 aliphatic rings. The number of carbonyl (C=O) groups excluding carboxylic acids is 2. The van der Waals surface area contributed by atoms with Gasteiger partial charge < -0.3 is 25.9 Å². The molecule has 2 amide bonds. The molecule has 0 aromatic carbocycles. The molecule has 2 aliphatic heterocycles. The van der Waals surface area contributed by atoms with Crippen molar-refractivity contribution in [1.29, 1.82) is 0 Å². The number of nitrogens with two attached hydrogens (primary N) is 1. The third-order valence-corrected chi connectivity index (χ3v) is 8.71. The van der Waals surface area contributed by atoms with Crippen LogP contribution in [0.1, 0.15) is 65.0 Å². The number of carboxylic acids is 1. The van der Waals surface area contributed by atoms with Gasteiger partial charge in [0.25, 0.3) is 5.91 Å². The Balaban J connectivity index is 1.53. The lowest BCUT2D eigenvalue weighted by molar-refractivity contribution is -0.160. The number of aliphatic carboxylic acids is 1. The fraction of sp³-hybridized carbons (Fsp3) is 0.667. The van der Waals surface area contributed by atoms with Gasteiger partial charge in [0.2, 0.25) is 5.91 Å². The van der Waals surface area contributed by atoms with Crippen LogP contribution in [0.4, 0.5) is 5.13 Å². The van der Waals surface area contributed by atoms with Crippen LogP contribution >= 0.6 is 23.1 Å². The molecule has 0 radical (unpaired) electrons. The molecular formula is C21H29N5O5S2. The van der Waals surface area contributed by atoms with Crippen LogP contribution in [0.3, 0.4) is 0 Å². The Bertz CT molecular complexity index is 985. The van der Waals surface area contributed by atoms with E-state index in [9.17, 15) is 19.5 Å². The van der Waals surface area contributed by atoms with Crippen molar-refractivity contribution in [3.8, 4) is 0 Å². The lowest BCUT2D eigenvalue weighted by atomic mass is 9.96. The quantitative estimate of drug-likeness (QED) is 0.235. The standard InChI is InChI=1S/C21H29N5O5S2/c1-20(2)14(18(29)30)26-16(28)13(17(26)33-20)24-15(27)12(11-10-32-19(22)23-11)25-31-21(3)8-6-4-5-7-9-21/h10,13-14,17H,4-9H2,1-3H3,(H2,22,23)(H,24,27)(H,29,30)/t13-,14-,17+/m0/s1. The summed E-state index contributed by atoms with van der Waals surface area (Å²) in [5.74, 6) is -2.08. The first-order valence-corrected chi connectivity index (χ1v) is 12.8. The van der Waals surface area contributed by atoms with Crippen molar-refractivity contribution in [1.82, 2.24) is 15.2 Å². The van der Waals surface area contributed by atoms with Crippen LogP contribution in [-0.4, -0.2) is 66.3 Å². The SMILES string of the molecule is CC1(ON=C(C(=O)N[C@H]2C(=O)N3[C@@H]2SC(C)(C)[C@@H]3C(=O)O)c2csc(N)n2)CCCCCC1. The molecule has 3 heterocycles. The third-order valence-electron chi connectivity index (χ3n) is 6.46. The van der Waals surface area contributed by atoms with Gasteiger partial charge in [0.1, 0.15) is 28.8 Å². The lowest BCUT2D eigenvalue weighted by Gasteiger charge is -2.43. The van der Waals surface area contributed by atoms with Crippen molar-refractivity contribution < 1.29 is 24.3 Å². The molecule has 180 valence electrons. The molecule has 1 saturated carbocycles. The number of amides is 2. The van der Waals surface area contributed by atoms with Crippen LogP contribution in [0.25, 0.3) is 0 Å². The van der Waals surface area contributed by atoms with Crippen molar-refractivity contribution >= 4 is 51.7 Å². The highest BCUT2D eigenvalue weighted by Gasteiger charge is 2.64. The molecule has 1 aromatic rings. The Kier molecular flexibility index (Phi) is 6.34. The van der Waals surface area contributed by atoms with Crippen LogP contribution in [-0.2, 0) is 19.2 Å². The third kappa shape index (κ3) is 4.54. The van der Waals surface area contributed by atoms with Crippen LogP contribution in [0, 0.1) is 0 Å². The van der Waals surface area contributed by atoms with E-state index >= 15 is 0 Å². The monoisotopic (exact) mass is 495 g/mol. The molecule has 4 N–H and O–H groups in total. The fourth-order valence-corrected chi connectivity index (χ4v) is 6.85. The predicted molar refractivity (Wildman–Crippen MR) is 126 cm³/mol. The summed E-state index contributed by atoms with van der Waals surface area (Å²) in [6.07, 6.45) is 6.03. The fourth-order valence-electron chi connectivity index (χ4n) is 4.68. The van der Waals surface area contributed by atoms with Crippen LogP contribution in [0.15, 0.2) is 10.5 Å². The average Bonchev–Trinajstić information content (AvgIpc) is 3.18. The molecule has 3 atom stereocenters. The zero-order chi connectivity index (χ0) is 24.0. The van der Waals surface area contributed by atoms with Gasteiger partial charge in [-0.2, -0.15) is 0 Å². The number of carboxylic acid groups (broad SMARTS) is 1. The minimum atomic E-state index is -1.06. The van der Waals surface area contributed by atoms with Gasteiger partial charge in [0.15, 0.2) is 10.8 Å². The summed E-state index contributed by atoms with van der Waals surface area (Å²) in [5, 5.41) is 18.0. The molecule has 0 spiro atoms. The molecule has 3 fully saturated rings. The maximum Gasteiger partial charge on any atom is 0.327 e. The van der Waals surface area contributed by atoms with E-state index in [2.05, 4.69) is 15.5 Å². The first-order chi connectivity index (χ1) is 15.5. The van der Waals surface area contributed by atoms with Crippen molar-refractivity contribution in [2.24, 2.45) is 5.16 Å². The van der Waals surface area contributed by atoms with E-state index in [4.69, 9.17) is 10.6 Å². The summed E-state index contributed by atoms with van der Waals surface area (Å²) in [4.78, 5) is 49.1. The summed E-state index contributed by atoms with van der Waals surface area (Å²) in [7, 11) is 0. The molecular weight excluding hydrogens is 466 g/mol. The number of oxime groups is 1. The summed E-state index contributed by atoms with van der Waals surface area (Å²) in [5.41, 5.74) is 5.52. The van der Waals surface area contributed by atoms with Crippen molar-refractivity contribution in [2.75, 3.05) is 5.73 Å². The number of aromatic nitrogens is 1. The smallest absolute Gasteiger partial charge is 0.327 e. The Morgan fingerprint density at radius 3 is 2.52 bits per heavy atom. The highest BCUT2D eigenvalue weighted by Crippen LogP contribution is 2.50. The molecule has 0 unspecified atom stereocenters. The summed E-state index contributed by atoms with van der Waals surface area (Å²) in [6, 6.07) is -1.79. The molecule has 2 saturated heterocycles. The number of nitrogens with zero attached hydrogens (tertiary/aromatic N) is 3.